The molecular formula is C18H18N4O5S. The SMILES string of the molecule is COc1ccc(CCSc2cc(=O)c(C(=O)NCC(=O)O)c3nc[nH]n23)cc1. The number of hydrogen-bond acceptors (Lipinski definition) is 6. The van der Waals surface area contributed by atoms with Gasteiger partial charge in [0.2, 0.25) is 0 Å². The predicted octanol–water partition coefficient (Wildman–Crippen LogP) is 1.18. The highest BCUT2D eigenvalue weighted by molar-refractivity contribution is 7.99. The molecule has 146 valence electrons. The zero-order chi connectivity index (χ0) is 20.1. The van der Waals surface area contributed by atoms with Crippen LogP contribution in [0.2, 0.25) is 0 Å². The first-order valence-electron chi connectivity index (χ1n) is 8.34. The molecule has 0 aliphatic carbocycles. The molecule has 9 nitrogen and oxygen atoms in total. The van der Waals surface area contributed by atoms with Crippen molar-refractivity contribution in [2.45, 2.75) is 11.4 Å². The Kier molecular flexibility index (Phi) is 5.99. The van der Waals surface area contributed by atoms with Gasteiger partial charge in [-0.1, -0.05) is 12.1 Å². The fraction of sp³-hybridized carbons (Fsp3) is 0.222. The van der Waals surface area contributed by atoms with Gasteiger partial charge in [-0.3, -0.25) is 19.5 Å². The van der Waals surface area contributed by atoms with Gasteiger partial charge < -0.3 is 15.2 Å². The minimum Gasteiger partial charge on any atom is -0.497 e. The van der Waals surface area contributed by atoms with Crippen molar-refractivity contribution in [1.29, 1.82) is 0 Å². The molecule has 0 saturated heterocycles. The topological polar surface area (TPSA) is 126 Å². The number of thioether (sulfide) groups is 1. The average molecular weight is 402 g/mol. The Hall–Kier alpha value is -3.27. The summed E-state index contributed by atoms with van der Waals surface area (Å²) in [6.07, 6.45) is 2.15. The van der Waals surface area contributed by atoms with Gasteiger partial charge in [0, 0.05) is 11.8 Å². The molecule has 1 amide bonds. The van der Waals surface area contributed by atoms with Crippen LogP contribution in [0.25, 0.3) is 5.65 Å². The number of benzene rings is 1. The number of H-pyrrole nitrogens is 1. The summed E-state index contributed by atoms with van der Waals surface area (Å²) in [6, 6.07) is 9.09. The lowest BCUT2D eigenvalue weighted by atomic mass is 10.2. The lowest BCUT2D eigenvalue weighted by Gasteiger charge is -2.08. The number of fused-ring (bicyclic) bond motifs is 1. The molecular weight excluding hydrogens is 384 g/mol. The first-order chi connectivity index (χ1) is 13.5. The molecule has 0 aliphatic rings. The number of hydrogen-bond donors (Lipinski definition) is 3. The molecule has 0 atom stereocenters. The lowest BCUT2D eigenvalue weighted by Crippen LogP contribution is -2.33. The minimum absolute atomic E-state index is 0.155. The zero-order valence-electron chi connectivity index (χ0n) is 15.0. The normalized spacial score (nSPS) is 10.8. The quantitative estimate of drug-likeness (QED) is 0.483. The Morgan fingerprint density at radius 2 is 2.07 bits per heavy atom. The van der Waals surface area contributed by atoms with Crippen LogP contribution >= 0.6 is 11.8 Å². The standard InChI is InChI=1S/C18H18N4O5S/c1-27-12-4-2-11(3-5-12)6-7-28-14-8-13(23)16(17-20-10-21-22(14)17)18(26)19-9-15(24)25/h2-5,8,10H,6-7,9H2,1H3,(H,19,26)(H,20,21)(H,24,25). The van der Waals surface area contributed by atoms with Crippen molar-refractivity contribution in [2.75, 3.05) is 19.4 Å². The van der Waals surface area contributed by atoms with E-state index in [1.54, 1.807) is 7.11 Å². The van der Waals surface area contributed by atoms with Crippen LogP contribution in [0.15, 0.2) is 46.5 Å². The van der Waals surface area contributed by atoms with E-state index in [9.17, 15) is 14.4 Å². The molecule has 0 fully saturated rings. The number of rotatable bonds is 8. The van der Waals surface area contributed by atoms with Gasteiger partial charge in [0.15, 0.2) is 11.1 Å². The smallest absolute Gasteiger partial charge is 0.322 e. The van der Waals surface area contributed by atoms with E-state index in [-0.39, 0.29) is 11.2 Å². The first kappa shape index (κ1) is 19.5. The monoisotopic (exact) mass is 402 g/mol. The highest BCUT2D eigenvalue weighted by atomic mass is 32.2. The third kappa shape index (κ3) is 4.34. The van der Waals surface area contributed by atoms with Crippen molar-refractivity contribution in [1.82, 2.24) is 19.9 Å². The van der Waals surface area contributed by atoms with E-state index in [1.807, 2.05) is 24.3 Å². The van der Waals surface area contributed by atoms with E-state index in [0.717, 1.165) is 17.7 Å². The Morgan fingerprint density at radius 3 is 2.75 bits per heavy atom. The summed E-state index contributed by atoms with van der Waals surface area (Å²) in [5, 5.41) is 14.4. The molecule has 3 rings (SSSR count). The number of nitrogens with zero attached hydrogens (tertiary/aromatic N) is 2. The molecule has 0 unspecified atom stereocenters. The Bertz CT molecular complexity index is 1060. The minimum atomic E-state index is -1.20. The van der Waals surface area contributed by atoms with Gasteiger partial charge in [-0.2, -0.15) is 0 Å². The van der Waals surface area contributed by atoms with Crippen molar-refractivity contribution in [3.05, 3.63) is 58.0 Å². The van der Waals surface area contributed by atoms with Gasteiger partial charge in [-0.25, -0.2) is 9.50 Å². The van der Waals surface area contributed by atoms with Gasteiger partial charge >= 0.3 is 5.97 Å². The van der Waals surface area contributed by atoms with E-state index in [0.29, 0.717) is 10.8 Å². The van der Waals surface area contributed by atoms with E-state index in [4.69, 9.17) is 9.84 Å². The molecule has 0 bridgehead atoms. The summed E-state index contributed by atoms with van der Waals surface area (Å²) in [7, 11) is 1.61. The Balaban J connectivity index is 1.76. The molecule has 28 heavy (non-hydrogen) atoms. The van der Waals surface area contributed by atoms with Crippen molar-refractivity contribution in [2.24, 2.45) is 0 Å². The number of carboxylic acids is 1. The maximum absolute atomic E-state index is 12.4. The molecule has 10 heteroatoms. The van der Waals surface area contributed by atoms with Crippen LogP contribution in [0.1, 0.15) is 15.9 Å². The molecule has 3 N–H and O–H groups in total. The number of ether oxygens (including phenoxy) is 1. The van der Waals surface area contributed by atoms with E-state index >= 15 is 0 Å². The van der Waals surface area contributed by atoms with Crippen LogP contribution in [0, 0.1) is 0 Å². The van der Waals surface area contributed by atoms with Crippen LogP contribution in [0.4, 0.5) is 0 Å². The van der Waals surface area contributed by atoms with Crippen LogP contribution in [0.5, 0.6) is 5.75 Å². The highest BCUT2D eigenvalue weighted by Crippen LogP contribution is 2.20. The number of aryl methyl sites for hydroxylation is 1. The third-order valence-electron chi connectivity index (χ3n) is 3.96. The molecule has 0 saturated carbocycles. The number of pyridine rings is 1. The number of aromatic amines is 1. The molecule has 2 heterocycles. The number of carboxylic acid groups (broad SMARTS) is 1. The van der Waals surface area contributed by atoms with Gasteiger partial charge in [-0.15, -0.1) is 11.8 Å². The third-order valence-corrected chi connectivity index (χ3v) is 4.96. The summed E-state index contributed by atoms with van der Waals surface area (Å²) < 4.78 is 6.67. The molecule has 0 spiro atoms. The predicted molar refractivity (Wildman–Crippen MR) is 103 cm³/mol. The van der Waals surface area contributed by atoms with Crippen molar-refractivity contribution in [3.63, 3.8) is 0 Å². The number of carbonyl (C=O) groups excluding carboxylic acids is 1. The number of methoxy groups -OCH3 is 1. The highest BCUT2D eigenvalue weighted by Gasteiger charge is 2.19. The van der Waals surface area contributed by atoms with Gasteiger partial charge in [-0.05, 0) is 24.1 Å². The van der Waals surface area contributed by atoms with Crippen molar-refractivity contribution >= 4 is 29.3 Å². The second kappa shape index (κ2) is 8.61. The first-order valence-corrected chi connectivity index (χ1v) is 9.33. The molecule has 2 aromatic heterocycles. The number of carbonyl (C=O) groups is 2. The van der Waals surface area contributed by atoms with Crippen LogP contribution in [-0.2, 0) is 11.2 Å². The van der Waals surface area contributed by atoms with E-state index < -0.39 is 23.9 Å². The Morgan fingerprint density at radius 1 is 1.32 bits per heavy atom. The van der Waals surface area contributed by atoms with E-state index in [1.165, 1.54) is 28.7 Å². The maximum atomic E-state index is 12.4. The fourth-order valence-corrected chi connectivity index (χ4v) is 3.61. The van der Waals surface area contributed by atoms with Gasteiger partial charge in [0.05, 0.1) is 7.11 Å². The van der Waals surface area contributed by atoms with Gasteiger partial charge in [0.1, 0.15) is 29.2 Å². The Labute approximate surface area is 163 Å². The average Bonchev–Trinajstić information content (AvgIpc) is 3.16. The molecule has 0 aliphatic heterocycles. The number of nitrogens with one attached hydrogen (secondary N) is 2. The summed E-state index contributed by atoms with van der Waals surface area (Å²) in [4.78, 5) is 39.3. The molecule has 3 aromatic rings. The van der Waals surface area contributed by atoms with Gasteiger partial charge in [0.25, 0.3) is 5.91 Å². The van der Waals surface area contributed by atoms with Crippen LogP contribution in [-0.4, -0.2) is 51.0 Å². The maximum Gasteiger partial charge on any atom is 0.322 e. The number of amides is 1. The van der Waals surface area contributed by atoms with Crippen molar-refractivity contribution < 1.29 is 19.4 Å². The number of aliphatic carboxylic acids is 1. The zero-order valence-corrected chi connectivity index (χ0v) is 15.8. The summed E-state index contributed by atoms with van der Waals surface area (Å²) in [5.74, 6) is -0.472. The summed E-state index contributed by atoms with van der Waals surface area (Å²) in [6.45, 7) is -0.576. The molecule has 1 aromatic carbocycles. The fourth-order valence-electron chi connectivity index (χ4n) is 2.60. The summed E-state index contributed by atoms with van der Waals surface area (Å²) >= 11 is 1.45. The molecule has 0 radical (unpaired) electrons. The van der Waals surface area contributed by atoms with Crippen molar-refractivity contribution in [3.8, 4) is 5.75 Å². The van der Waals surface area contributed by atoms with E-state index in [2.05, 4.69) is 15.4 Å². The van der Waals surface area contributed by atoms with Crippen LogP contribution in [0.3, 0.4) is 0 Å². The largest absolute Gasteiger partial charge is 0.497 e. The lowest BCUT2D eigenvalue weighted by molar-refractivity contribution is -0.135. The summed E-state index contributed by atoms with van der Waals surface area (Å²) in [5.41, 5.74) is 0.581. The van der Waals surface area contributed by atoms with Crippen LogP contribution < -0.4 is 15.5 Å². The second-order valence-corrected chi connectivity index (χ2v) is 6.91. The second-order valence-electron chi connectivity index (χ2n) is 5.79. The number of aromatic nitrogens is 3.